The standard InChI is InChI=1S/C8H10BrNO2/c1-12-5-8(11)7-3-2-6(9)4-10-7/h2-4,8,11H,5H2,1H3. The highest BCUT2D eigenvalue weighted by Crippen LogP contribution is 2.13. The van der Waals surface area contributed by atoms with Gasteiger partial charge in [-0.05, 0) is 28.1 Å². The second-order valence-corrected chi connectivity index (χ2v) is 3.29. The van der Waals surface area contributed by atoms with E-state index in [2.05, 4.69) is 20.9 Å². The SMILES string of the molecule is COCC(O)c1ccc(Br)cn1. The topological polar surface area (TPSA) is 42.4 Å². The van der Waals surface area contributed by atoms with Crippen LogP contribution in [0.15, 0.2) is 22.8 Å². The molecule has 1 heterocycles. The fraction of sp³-hybridized carbons (Fsp3) is 0.375. The first-order valence-corrected chi connectivity index (χ1v) is 4.32. The van der Waals surface area contributed by atoms with Crippen molar-refractivity contribution in [1.29, 1.82) is 0 Å². The van der Waals surface area contributed by atoms with Crippen molar-refractivity contribution < 1.29 is 9.84 Å². The summed E-state index contributed by atoms with van der Waals surface area (Å²) in [6.45, 7) is 0.272. The highest BCUT2D eigenvalue weighted by atomic mass is 79.9. The summed E-state index contributed by atoms with van der Waals surface area (Å²) in [5.41, 5.74) is 0.625. The number of ether oxygens (including phenoxy) is 1. The molecular formula is C8H10BrNO2. The summed E-state index contributed by atoms with van der Waals surface area (Å²) in [5, 5.41) is 9.41. The summed E-state index contributed by atoms with van der Waals surface area (Å²) >= 11 is 3.26. The fourth-order valence-electron chi connectivity index (χ4n) is 0.828. The van der Waals surface area contributed by atoms with Gasteiger partial charge in [0, 0.05) is 17.8 Å². The minimum absolute atomic E-state index is 0.272. The van der Waals surface area contributed by atoms with E-state index in [0.29, 0.717) is 5.69 Å². The number of methoxy groups -OCH3 is 1. The number of pyridine rings is 1. The quantitative estimate of drug-likeness (QED) is 0.859. The maximum Gasteiger partial charge on any atom is 0.119 e. The lowest BCUT2D eigenvalue weighted by Crippen LogP contribution is -2.06. The summed E-state index contributed by atoms with van der Waals surface area (Å²) in [6, 6.07) is 3.59. The van der Waals surface area contributed by atoms with Crippen LogP contribution in [0.3, 0.4) is 0 Å². The number of nitrogens with zero attached hydrogens (tertiary/aromatic N) is 1. The molecule has 1 aromatic rings. The summed E-state index contributed by atoms with van der Waals surface area (Å²) in [7, 11) is 1.54. The van der Waals surface area contributed by atoms with Crippen LogP contribution in [0.25, 0.3) is 0 Å². The van der Waals surface area contributed by atoms with Crippen molar-refractivity contribution in [2.45, 2.75) is 6.10 Å². The van der Waals surface area contributed by atoms with Crippen LogP contribution in [-0.4, -0.2) is 23.8 Å². The molecule has 0 bridgehead atoms. The van der Waals surface area contributed by atoms with Gasteiger partial charge >= 0.3 is 0 Å². The van der Waals surface area contributed by atoms with E-state index in [4.69, 9.17) is 4.74 Å². The molecule has 0 spiro atoms. The van der Waals surface area contributed by atoms with Crippen molar-refractivity contribution in [1.82, 2.24) is 4.98 Å². The van der Waals surface area contributed by atoms with E-state index in [9.17, 15) is 5.11 Å². The molecule has 1 N–H and O–H groups in total. The van der Waals surface area contributed by atoms with Gasteiger partial charge in [0.05, 0.1) is 12.3 Å². The Labute approximate surface area is 79.5 Å². The van der Waals surface area contributed by atoms with Gasteiger partial charge in [0.25, 0.3) is 0 Å². The van der Waals surface area contributed by atoms with Gasteiger partial charge in [-0.15, -0.1) is 0 Å². The van der Waals surface area contributed by atoms with Crippen molar-refractivity contribution >= 4 is 15.9 Å². The Morgan fingerprint density at radius 3 is 2.92 bits per heavy atom. The molecule has 0 fully saturated rings. The monoisotopic (exact) mass is 231 g/mol. The van der Waals surface area contributed by atoms with Crippen LogP contribution in [0.1, 0.15) is 11.8 Å². The third kappa shape index (κ3) is 2.55. The minimum Gasteiger partial charge on any atom is -0.384 e. The summed E-state index contributed by atoms with van der Waals surface area (Å²) in [6.07, 6.45) is 1.01. The number of aliphatic hydroxyl groups excluding tert-OH is 1. The number of hydrogen-bond acceptors (Lipinski definition) is 3. The molecule has 1 rings (SSSR count). The first-order valence-electron chi connectivity index (χ1n) is 3.52. The van der Waals surface area contributed by atoms with E-state index in [-0.39, 0.29) is 6.61 Å². The van der Waals surface area contributed by atoms with Gasteiger partial charge in [0.2, 0.25) is 0 Å². The van der Waals surface area contributed by atoms with E-state index >= 15 is 0 Å². The lowest BCUT2D eigenvalue weighted by atomic mass is 10.2. The predicted molar refractivity (Wildman–Crippen MR) is 48.8 cm³/mol. The largest absolute Gasteiger partial charge is 0.384 e. The third-order valence-electron chi connectivity index (χ3n) is 1.42. The second kappa shape index (κ2) is 4.54. The van der Waals surface area contributed by atoms with Gasteiger partial charge in [0.15, 0.2) is 0 Å². The zero-order valence-electron chi connectivity index (χ0n) is 6.70. The Balaban J connectivity index is 2.68. The number of hydrogen-bond donors (Lipinski definition) is 1. The van der Waals surface area contributed by atoms with Crippen molar-refractivity contribution in [3.05, 3.63) is 28.5 Å². The van der Waals surface area contributed by atoms with Crippen LogP contribution < -0.4 is 0 Å². The molecule has 0 aliphatic heterocycles. The van der Waals surface area contributed by atoms with E-state index in [1.54, 1.807) is 19.4 Å². The minimum atomic E-state index is -0.636. The molecule has 0 aromatic carbocycles. The fourth-order valence-corrected chi connectivity index (χ4v) is 1.06. The Kier molecular flexibility index (Phi) is 3.65. The average molecular weight is 232 g/mol. The van der Waals surface area contributed by atoms with E-state index in [1.807, 2.05) is 6.07 Å². The molecule has 3 nitrogen and oxygen atoms in total. The van der Waals surface area contributed by atoms with Gasteiger partial charge in [-0.1, -0.05) is 0 Å². The molecule has 66 valence electrons. The average Bonchev–Trinajstić information content (AvgIpc) is 2.06. The van der Waals surface area contributed by atoms with E-state index < -0.39 is 6.10 Å². The smallest absolute Gasteiger partial charge is 0.119 e. The maximum absolute atomic E-state index is 9.41. The predicted octanol–water partition coefficient (Wildman–Crippen LogP) is 1.52. The molecule has 0 saturated heterocycles. The highest BCUT2D eigenvalue weighted by molar-refractivity contribution is 9.10. The van der Waals surface area contributed by atoms with Gasteiger partial charge < -0.3 is 9.84 Å². The van der Waals surface area contributed by atoms with Crippen molar-refractivity contribution in [2.75, 3.05) is 13.7 Å². The first-order chi connectivity index (χ1) is 5.74. The molecule has 1 aromatic heterocycles. The van der Waals surface area contributed by atoms with Gasteiger partial charge in [0.1, 0.15) is 6.10 Å². The summed E-state index contributed by atoms with van der Waals surface area (Å²) in [4.78, 5) is 4.02. The normalized spacial score (nSPS) is 12.9. The molecule has 0 saturated carbocycles. The van der Waals surface area contributed by atoms with E-state index in [1.165, 1.54) is 0 Å². The molecule has 1 atom stereocenters. The van der Waals surface area contributed by atoms with Crippen molar-refractivity contribution in [3.63, 3.8) is 0 Å². The molecular weight excluding hydrogens is 222 g/mol. The van der Waals surface area contributed by atoms with E-state index in [0.717, 1.165) is 4.47 Å². The number of aliphatic hydroxyl groups is 1. The molecule has 12 heavy (non-hydrogen) atoms. The summed E-state index contributed by atoms with van der Waals surface area (Å²) < 4.78 is 5.69. The van der Waals surface area contributed by atoms with Crippen LogP contribution in [0, 0.1) is 0 Å². The Bertz CT molecular complexity index is 237. The maximum atomic E-state index is 9.41. The van der Waals surface area contributed by atoms with Gasteiger partial charge in [-0.2, -0.15) is 0 Å². The Hall–Kier alpha value is -0.450. The Morgan fingerprint density at radius 2 is 2.42 bits per heavy atom. The van der Waals surface area contributed by atoms with Crippen LogP contribution in [0.4, 0.5) is 0 Å². The third-order valence-corrected chi connectivity index (χ3v) is 1.89. The zero-order valence-corrected chi connectivity index (χ0v) is 8.28. The van der Waals surface area contributed by atoms with Crippen LogP contribution in [0.2, 0.25) is 0 Å². The lowest BCUT2D eigenvalue weighted by molar-refractivity contribution is 0.0617. The Morgan fingerprint density at radius 1 is 1.67 bits per heavy atom. The van der Waals surface area contributed by atoms with Crippen molar-refractivity contribution in [3.8, 4) is 0 Å². The molecule has 4 heteroatoms. The lowest BCUT2D eigenvalue weighted by Gasteiger charge is -2.07. The van der Waals surface area contributed by atoms with Crippen LogP contribution in [-0.2, 0) is 4.74 Å². The van der Waals surface area contributed by atoms with Crippen molar-refractivity contribution in [2.24, 2.45) is 0 Å². The molecule has 0 aliphatic rings. The number of rotatable bonds is 3. The highest BCUT2D eigenvalue weighted by Gasteiger charge is 2.07. The molecule has 0 radical (unpaired) electrons. The molecule has 0 amide bonds. The van der Waals surface area contributed by atoms with Gasteiger partial charge in [-0.25, -0.2) is 0 Å². The summed E-state index contributed by atoms with van der Waals surface area (Å²) in [5.74, 6) is 0. The van der Waals surface area contributed by atoms with Crippen LogP contribution in [0.5, 0.6) is 0 Å². The number of halogens is 1. The molecule has 0 aliphatic carbocycles. The number of aromatic nitrogens is 1. The second-order valence-electron chi connectivity index (χ2n) is 2.37. The first kappa shape index (κ1) is 9.64. The van der Waals surface area contributed by atoms with Crippen LogP contribution >= 0.6 is 15.9 Å². The molecule has 1 unspecified atom stereocenters. The van der Waals surface area contributed by atoms with Gasteiger partial charge in [-0.3, -0.25) is 4.98 Å². The zero-order chi connectivity index (χ0) is 8.97.